The average molecular weight is 264 g/mol. The Morgan fingerprint density at radius 2 is 1.67 bits per heavy atom. The van der Waals surface area contributed by atoms with Crippen LogP contribution in [0.1, 0.15) is 44.1 Å². The molecule has 1 saturated carbocycles. The van der Waals surface area contributed by atoms with Crippen LogP contribution in [0, 0.1) is 6.92 Å². The standard InChI is InChI=1S/C15H20O2S/c1-12-6-8-13(9-7-12)18-15(14(16)17)10-4-2-3-5-11-15/h6-9H,2-5,10-11H2,1H3,(H,16,17). The molecule has 1 aromatic rings. The first-order chi connectivity index (χ1) is 8.62. The molecule has 0 saturated heterocycles. The number of aliphatic carboxylic acids is 1. The zero-order valence-electron chi connectivity index (χ0n) is 10.8. The summed E-state index contributed by atoms with van der Waals surface area (Å²) in [6.07, 6.45) is 5.99. The Kier molecular flexibility index (Phi) is 4.33. The quantitative estimate of drug-likeness (QED) is 0.829. The molecule has 0 atom stereocenters. The van der Waals surface area contributed by atoms with Crippen LogP contribution < -0.4 is 0 Å². The van der Waals surface area contributed by atoms with Crippen LogP contribution in [-0.4, -0.2) is 15.8 Å². The van der Waals surface area contributed by atoms with Crippen LogP contribution in [0.5, 0.6) is 0 Å². The van der Waals surface area contributed by atoms with Crippen molar-refractivity contribution in [3.63, 3.8) is 0 Å². The molecule has 1 aromatic carbocycles. The van der Waals surface area contributed by atoms with Crippen LogP contribution in [0.25, 0.3) is 0 Å². The Morgan fingerprint density at radius 3 is 2.17 bits per heavy atom. The highest BCUT2D eigenvalue weighted by Gasteiger charge is 2.39. The van der Waals surface area contributed by atoms with Gasteiger partial charge in [0.1, 0.15) is 4.75 Å². The van der Waals surface area contributed by atoms with Gasteiger partial charge in [0, 0.05) is 4.90 Å². The summed E-state index contributed by atoms with van der Waals surface area (Å²) in [6.45, 7) is 2.05. The minimum Gasteiger partial charge on any atom is -0.480 e. The van der Waals surface area contributed by atoms with Crippen molar-refractivity contribution in [2.45, 2.75) is 55.1 Å². The van der Waals surface area contributed by atoms with E-state index >= 15 is 0 Å². The molecule has 0 bridgehead atoms. The number of carbonyl (C=O) groups is 1. The number of benzene rings is 1. The number of aryl methyl sites for hydroxylation is 1. The third-order valence-electron chi connectivity index (χ3n) is 3.64. The Morgan fingerprint density at radius 1 is 1.11 bits per heavy atom. The number of hydrogen-bond acceptors (Lipinski definition) is 2. The monoisotopic (exact) mass is 264 g/mol. The van der Waals surface area contributed by atoms with Crippen molar-refractivity contribution in [1.82, 2.24) is 0 Å². The summed E-state index contributed by atoms with van der Waals surface area (Å²) in [5, 5.41) is 9.61. The van der Waals surface area contributed by atoms with Crippen LogP contribution in [0.15, 0.2) is 29.2 Å². The Labute approximate surface area is 113 Å². The summed E-state index contributed by atoms with van der Waals surface area (Å²) in [6, 6.07) is 8.17. The van der Waals surface area contributed by atoms with E-state index in [-0.39, 0.29) is 0 Å². The van der Waals surface area contributed by atoms with Gasteiger partial charge in [0.15, 0.2) is 0 Å². The molecule has 1 aliphatic rings. The van der Waals surface area contributed by atoms with Crippen molar-refractivity contribution in [2.24, 2.45) is 0 Å². The van der Waals surface area contributed by atoms with Gasteiger partial charge in [-0.25, -0.2) is 0 Å². The van der Waals surface area contributed by atoms with E-state index < -0.39 is 10.7 Å². The van der Waals surface area contributed by atoms with Crippen LogP contribution in [0.4, 0.5) is 0 Å². The van der Waals surface area contributed by atoms with Gasteiger partial charge in [-0.2, -0.15) is 0 Å². The zero-order chi connectivity index (χ0) is 13.0. The maximum absolute atomic E-state index is 11.7. The molecule has 1 N–H and O–H groups in total. The number of carboxylic acid groups (broad SMARTS) is 1. The maximum atomic E-state index is 11.7. The highest BCUT2D eigenvalue weighted by atomic mass is 32.2. The molecule has 0 amide bonds. The second kappa shape index (κ2) is 5.79. The van der Waals surface area contributed by atoms with E-state index in [9.17, 15) is 9.90 Å². The second-order valence-electron chi connectivity index (χ2n) is 5.13. The largest absolute Gasteiger partial charge is 0.480 e. The third kappa shape index (κ3) is 3.08. The molecule has 1 aliphatic carbocycles. The van der Waals surface area contributed by atoms with Gasteiger partial charge in [-0.15, -0.1) is 11.8 Å². The summed E-state index contributed by atoms with van der Waals surface area (Å²) in [5.74, 6) is -0.644. The fraction of sp³-hybridized carbons (Fsp3) is 0.533. The van der Waals surface area contributed by atoms with Crippen molar-refractivity contribution >= 4 is 17.7 Å². The molecule has 0 aromatic heterocycles. The zero-order valence-corrected chi connectivity index (χ0v) is 11.6. The first kappa shape index (κ1) is 13.5. The predicted octanol–water partition coefficient (Wildman–Crippen LogP) is 4.26. The molecule has 2 rings (SSSR count). The van der Waals surface area contributed by atoms with Crippen LogP contribution in [0.2, 0.25) is 0 Å². The van der Waals surface area contributed by atoms with E-state index in [2.05, 4.69) is 12.1 Å². The fourth-order valence-electron chi connectivity index (χ4n) is 2.49. The lowest BCUT2D eigenvalue weighted by atomic mass is 9.99. The first-order valence-corrected chi connectivity index (χ1v) is 7.43. The predicted molar refractivity (Wildman–Crippen MR) is 75.1 cm³/mol. The van der Waals surface area contributed by atoms with Gasteiger partial charge < -0.3 is 5.11 Å². The van der Waals surface area contributed by atoms with Gasteiger partial charge in [-0.05, 0) is 31.9 Å². The molecule has 1 fully saturated rings. The van der Waals surface area contributed by atoms with Crippen LogP contribution in [-0.2, 0) is 4.79 Å². The van der Waals surface area contributed by atoms with Gasteiger partial charge in [0.25, 0.3) is 0 Å². The number of rotatable bonds is 3. The van der Waals surface area contributed by atoms with Crippen molar-refractivity contribution in [1.29, 1.82) is 0 Å². The molecule has 3 heteroatoms. The smallest absolute Gasteiger partial charge is 0.320 e. The molecular weight excluding hydrogens is 244 g/mol. The first-order valence-electron chi connectivity index (χ1n) is 6.61. The SMILES string of the molecule is Cc1ccc(SC2(C(=O)O)CCCCCC2)cc1. The maximum Gasteiger partial charge on any atom is 0.320 e. The van der Waals surface area contributed by atoms with Gasteiger partial charge in [-0.3, -0.25) is 4.79 Å². The molecule has 0 spiro atoms. The molecule has 0 unspecified atom stereocenters. The molecule has 98 valence electrons. The molecular formula is C15H20O2S. The molecule has 2 nitrogen and oxygen atoms in total. The van der Waals surface area contributed by atoms with Gasteiger partial charge in [0.05, 0.1) is 0 Å². The molecule has 0 radical (unpaired) electrons. The van der Waals surface area contributed by atoms with E-state index in [0.717, 1.165) is 30.6 Å². The van der Waals surface area contributed by atoms with Gasteiger partial charge >= 0.3 is 5.97 Å². The second-order valence-corrected chi connectivity index (χ2v) is 6.59. The minimum atomic E-state index is -0.644. The summed E-state index contributed by atoms with van der Waals surface area (Å²) in [5.41, 5.74) is 1.21. The average Bonchev–Trinajstić information content (AvgIpc) is 2.59. The van der Waals surface area contributed by atoms with E-state index in [1.165, 1.54) is 18.4 Å². The van der Waals surface area contributed by atoms with Crippen molar-refractivity contribution < 1.29 is 9.90 Å². The third-order valence-corrected chi connectivity index (χ3v) is 5.12. The minimum absolute atomic E-state index is 0.605. The lowest BCUT2D eigenvalue weighted by Crippen LogP contribution is -2.34. The lowest BCUT2D eigenvalue weighted by Gasteiger charge is -2.27. The normalized spacial score (nSPS) is 19.2. The van der Waals surface area contributed by atoms with Crippen LogP contribution >= 0.6 is 11.8 Å². The summed E-state index contributed by atoms with van der Waals surface area (Å²) in [7, 11) is 0. The molecule has 0 aliphatic heterocycles. The highest BCUT2D eigenvalue weighted by molar-refractivity contribution is 8.01. The number of carboxylic acids is 1. The number of hydrogen-bond donors (Lipinski definition) is 1. The summed E-state index contributed by atoms with van der Waals surface area (Å²) in [4.78, 5) is 12.8. The van der Waals surface area contributed by atoms with Crippen molar-refractivity contribution in [3.8, 4) is 0 Å². The highest BCUT2D eigenvalue weighted by Crippen LogP contribution is 2.43. The Balaban J connectivity index is 2.19. The Bertz CT molecular complexity index is 403. The summed E-state index contributed by atoms with van der Waals surface area (Å²) >= 11 is 1.54. The van der Waals surface area contributed by atoms with E-state index in [1.54, 1.807) is 11.8 Å². The lowest BCUT2D eigenvalue weighted by molar-refractivity contribution is -0.140. The summed E-state index contributed by atoms with van der Waals surface area (Å²) < 4.78 is -0.605. The van der Waals surface area contributed by atoms with E-state index in [0.29, 0.717) is 0 Å². The number of thioether (sulfide) groups is 1. The van der Waals surface area contributed by atoms with E-state index in [4.69, 9.17) is 0 Å². The van der Waals surface area contributed by atoms with Crippen molar-refractivity contribution in [2.75, 3.05) is 0 Å². The van der Waals surface area contributed by atoms with Gasteiger partial charge in [0.2, 0.25) is 0 Å². The van der Waals surface area contributed by atoms with Gasteiger partial charge in [-0.1, -0.05) is 43.4 Å². The molecule has 0 heterocycles. The fourth-order valence-corrected chi connectivity index (χ4v) is 3.79. The Hall–Kier alpha value is -0.960. The van der Waals surface area contributed by atoms with Crippen LogP contribution in [0.3, 0.4) is 0 Å². The van der Waals surface area contributed by atoms with E-state index in [1.807, 2.05) is 19.1 Å². The molecule has 18 heavy (non-hydrogen) atoms. The van der Waals surface area contributed by atoms with Crippen molar-refractivity contribution in [3.05, 3.63) is 29.8 Å². The topological polar surface area (TPSA) is 37.3 Å².